The van der Waals surface area contributed by atoms with Crippen molar-refractivity contribution in [2.45, 2.75) is 57.3 Å². The topological polar surface area (TPSA) is 0 Å². The molecule has 1 aromatic heterocycles. The third kappa shape index (κ3) is 3.83. The fourth-order valence-electron chi connectivity index (χ4n) is 9.22. The summed E-state index contributed by atoms with van der Waals surface area (Å²) in [7, 11) is 0. The van der Waals surface area contributed by atoms with Crippen LogP contribution in [0.5, 0.6) is 0 Å². The van der Waals surface area contributed by atoms with Gasteiger partial charge in [-0.25, -0.2) is 0 Å². The molecule has 6 aliphatic carbocycles. The molecule has 4 aromatic rings. The van der Waals surface area contributed by atoms with Gasteiger partial charge in [0.15, 0.2) is 0 Å². The van der Waals surface area contributed by atoms with E-state index >= 15 is 0 Å². The third-order valence-electron chi connectivity index (χ3n) is 11.2. The van der Waals surface area contributed by atoms with E-state index in [9.17, 15) is 0 Å². The Balaban J connectivity index is 1.20. The molecule has 45 heavy (non-hydrogen) atoms. The van der Waals surface area contributed by atoms with Crippen LogP contribution in [0, 0.1) is 5.92 Å². The zero-order chi connectivity index (χ0) is 29.5. The molecule has 218 valence electrons. The molecular formula is C44H36S. The Morgan fingerprint density at radius 3 is 2.20 bits per heavy atom. The number of thiophene rings is 1. The summed E-state index contributed by atoms with van der Waals surface area (Å²) in [6, 6.07) is 27.4. The lowest BCUT2D eigenvalue weighted by molar-refractivity contribution is 0.694. The zero-order valence-electron chi connectivity index (χ0n) is 25.6. The highest BCUT2D eigenvalue weighted by atomic mass is 32.1. The Bertz CT molecular complexity index is 2190. The third-order valence-corrected chi connectivity index (χ3v) is 12.5. The van der Waals surface area contributed by atoms with E-state index in [1.165, 1.54) is 81.5 Å². The van der Waals surface area contributed by atoms with Crippen molar-refractivity contribution >= 4 is 33.6 Å². The van der Waals surface area contributed by atoms with Gasteiger partial charge in [-0.2, -0.15) is 0 Å². The summed E-state index contributed by atoms with van der Waals surface area (Å²) in [5.41, 5.74) is 18.2. The second-order valence-corrected chi connectivity index (χ2v) is 14.6. The molecule has 0 bridgehead atoms. The van der Waals surface area contributed by atoms with Crippen LogP contribution in [0.4, 0.5) is 0 Å². The SMILES string of the molecule is C1=CCCC(c2c(-c3ccccc3)sc3c2-c2ccc4c5c2=C3CCC=5C2C=C(c3ccccc3)C(C3=CCCCC3)=CC42)=C1. The Labute approximate surface area is 269 Å². The molecule has 6 aliphatic rings. The van der Waals surface area contributed by atoms with E-state index in [1.54, 1.807) is 37.6 Å². The lowest BCUT2D eigenvalue weighted by Crippen LogP contribution is -2.32. The number of rotatable bonds is 4. The first-order valence-corrected chi connectivity index (χ1v) is 17.8. The lowest BCUT2D eigenvalue weighted by Gasteiger charge is -2.30. The lowest BCUT2D eigenvalue weighted by atomic mass is 9.74. The van der Waals surface area contributed by atoms with Crippen LogP contribution in [0.1, 0.15) is 78.9 Å². The van der Waals surface area contributed by atoms with Crippen LogP contribution in [-0.4, -0.2) is 0 Å². The highest BCUT2D eigenvalue weighted by molar-refractivity contribution is 7.17. The smallest absolute Gasteiger partial charge is 0.0430 e. The molecule has 0 amide bonds. The minimum Gasteiger partial charge on any atom is -0.134 e. The van der Waals surface area contributed by atoms with E-state index in [2.05, 4.69) is 121 Å². The molecule has 0 radical (unpaired) electrons. The summed E-state index contributed by atoms with van der Waals surface area (Å²) >= 11 is 2.05. The molecule has 1 heterocycles. The van der Waals surface area contributed by atoms with Gasteiger partial charge in [-0.3, -0.25) is 0 Å². The van der Waals surface area contributed by atoms with E-state index in [1.807, 2.05) is 0 Å². The standard InChI is InChI=1S/C44H36S/c1-5-13-27(14-6-1)35-25-37-31-21-23-33-41-34(24-22-32(40(31)41)38(37)26-36(35)28-15-7-2-8-16-28)44-42(33)39(29-17-9-3-10-18-29)43(45-44)30-19-11-4-12-20-30/h2-4,7-9,11-13,15-17,19-21,23,25-26,37-38H,1,5-6,10,14,18,22,24H2. The molecule has 0 spiro atoms. The molecule has 0 fully saturated rings. The fraction of sp³-hybridized carbons (Fsp3) is 0.227. The van der Waals surface area contributed by atoms with Crippen molar-refractivity contribution in [1.29, 1.82) is 0 Å². The van der Waals surface area contributed by atoms with Gasteiger partial charge >= 0.3 is 0 Å². The van der Waals surface area contributed by atoms with Gasteiger partial charge in [-0.15, -0.1) is 11.3 Å². The van der Waals surface area contributed by atoms with Crippen LogP contribution in [-0.2, 0) is 0 Å². The average Bonchev–Trinajstić information content (AvgIpc) is 3.76. The Morgan fingerprint density at radius 1 is 0.600 bits per heavy atom. The number of benzene rings is 3. The number of fused-ring (bicyclic) bond motifs is 6. The van der Waals surface area contributed by atoms with E-state index in [0.717, 1.165) is 19.3 Å². The van der Waals surface area contributed by atoms with Crippen LogP contribution in [0.3, 0.4) is 0 Å². The van der Waals surface area contributed by atoms with Crippen molar-refractivity contribution in [1.82, 2.24) is 0 Å². The van der Waals surface area contributed by atoms with Gasteiger partial charge in [0.1, 0.15) is 0 Å². The summed E-state index contributed by atoms with van der Waals surface area (Å²) in [4.78, 5) is 2.99. The van der Waals surface area contributed by atoms with Crippen molar-refractivity contribution in [3.05, 3.63) is 152 Å². The predicted molar refractivity (Wildman–Crippen MR) is 191 cm³/mol. The highest BCUT2D eigenvalue weighted by Gasteiger charge is 2.41. The molecule has 2 atom stereocenters. The second kappa shape index (κ2) is 10.2. The van der Waals surface area contributed by atoms with Crippen LogP contribution >= 0.6 is 11.3 Å². The zero-order valence-corrected chi connectivity index (χ0v) is 26.4. The predicted octanol–water partition coefficient (Wildman–Crippen LogP) is 10.5. The van der Waals surface area contributed by atoms with E-state index in [4.69, 9.17) is 0 Å². The van der Waals surface area contributed by atoms with Gasteiger partial charge in [0.2, 0.25) is 0 Å². The number of hydrogen-bond acceptors (Lipinski definition) is 1. The summed E-state index contributed by atoms with van der Waals surface area (Å²) in [5.74, 6) is 0.898. The first-order valence-electron chi connectivity index (χ1n) is 17.0. The highest BCUT2D eigenvalue weighted by Crippen LogP contribution is 2.54. The van der Waals surface area contributed by atoms with Crippen LogP contribution < -0.4 is 10.4 Å². The summed E-state index contributed by atoms with van der Waals surface area (Å²) < 4.78 is 0. The minimum absolute atomic E-state index is 0.439. The summed E-state index contributed by atoms with van der Waals surface area (Å²) in [6.07, 6.45) is 24.5. The minimum atomic E-state index is 0.439. The van der Waals surface area contributed by atoms with Gasteiger partial charge < -0.3 is 0 Å². The molecule has 0 saturated carbocycles. The first-order chi connectivity index (χ1) is 22.3. The number of allylic oxidation sites excluding steroid dienone is 10. The maximum Gasteiger partial charge on any atom is 0.0430 e. The molecule has 0 saturated heterocycles. The molecule has 10 rings (SSSR count). The molecule has 3 aromatic carbocycles. The average molecular weight is 597 g/mol. The van der Waals surface area contributed by atoms with E-state index in [0.29, 0.717) is 11.8 Å². The van der Waals surface area contributed by atoms with E-state index in [-0.39, 0.29) is 0 Å². The Kier molecular flexibility index (Phi) is 5.88. The van der Waals surface area contributed by atoms with Crippen LogP contribution in [0.2, 0.25) is 0 Å². The maximum absolute atomic E-state index is 2.69. The van der Waals surface area contributed by atoms with Gasteiger partial charge in [0.05, 0.1) is 0 Å². The van der Waals surface area contributed by atoms with Crippen molar-refractivity contribution in [2.75, 3.05) is 0 Å². The Morgan fingerprint density at radius 2 is 1.42 bits per heavy atom. The summed E-state index contributed by atoms with van der Waals surface area (Å²) in [5, 5.41) is 3.19. The normalized spacial score (nSPS) is 22.3. The van der Waals surface area contributed by atoms with Crippen molar-refractivity contribution in [3.63, 3.8) is 0 Å². The monoisotopic (exact) mass is 596 g/mol. The number of hydrogen-bond donors (Lipinski definition) is 0. The van der Waals surface area contributed by atoms with E-state index < -0.39 is 0 Å². The van der Waals surface area contributed by atoms with Gasteiger partial charge in [-0.1, -0.05) is 115 Å². The van der Waals surface area contributed by atoms with Crippen molar-refractivity contribution < 1.29 is 0 Å². The fourth-order valence-corrected chi connectivity index (χ4v) is 10.7. The van der Waals surface area contributed by atoms with Crippen molar-refractivity contribution in [3.8, 4) is 21.6 Å². The molecule has 2 unspecified atom stereocenters. The van der Waals surface area contributed by atoms with Gasteiger partial charge in [0, 0.05) is 32.7 Å². The molecule has 0 N–H and O–H groups in total. The Hall–Kier alpha value is -4.20. The quantitative estimate of drug-likeness (QED) is 0.220. The van der Waals surface area contributed by atoms with Crippen molar-refractivity contribution in [2.24, 2.45) is 5.92 Å². The van der Waals surface area contributed by atoms with Crippen LogP contribution in [0.25, 0.3) is 43.9 Å². The second-order valence-electron chi connectivity index (χ2n) is 13.5. The van der Waals surface area contributed by atoms with Gasteiger partial charge in [0.25, 0.3) is 0 Å². The largest absolute Gasteiger partial charge is 0.134 e. The van der Waals surface area contributed by atoms with Gasteiger partial charge in [-0.05, 0) is 112 Å². The molecular weight excluding hydrogens is 561 g/mol. The molecule has 0 aliphatic heterocycles. The first kappa shape index (κ1) is 26.1. The van der Waals surface area contributed by atoms with Crippen LogP contribution in [0.15, 0.2) is 120 Å². The molecule has 0 nitrogen and oxygen atoms in total. The maximum atomic E-state index is 2.69. The summed E-state index contributed by atoms with van der Waals surface area (Å²) in [6.45, 7) is 0. The molecule has 1 heteroatoms.